The highest BCUT2D eigenvalue weighted by Gasteiger charge is 2.20. The van der Waals surface area contributed by atoms with Crippen molar-refractivity contribution in [1.29, 1.82) is 0 Å². The Bertz CT molecular complexity index is 832. The van der Waals surface area contributed by atoms with Gasteiger partial charge in [0.25, 0.3) is 0 Å². The number of aromatic nitrogens is 3. The largest absolute Gasteiger partial charge is 0.497 e. The van der Waals surface area contributed by atoms with Gasteiger partial charge < -0.3 is 9.84 Å². The number of thioether (sulfide) groups is 1. The molecule has 0 bridgehead atoms. The summed E-state index contributed by atoms with van der Waals surface area (Å²) in [5.74, 6) is 0.0842. The molecule has 0 atom stereocenters. The average molecular weight is 341 g/mol. The minimum absolute atomic E-state index is 0.0331. The normalized spacial score (nSPS) is 10.5. The molecule has 2 aromatic carbocycles. The Kier molecular flexibility index (Phi) is 4.81. The van der Waals surface area contributed by atoms with E-state index < -0.39 is 5.97 Å². The number of hydrogen-bond acceptors (Lipinski definition) is 5. The monoisotopic (exact) mass is 341 g/mol. The molecular formula is C17H15N3O3S. The van der Waals surface area contributed by atoms with Gasteiger partial charge in [-0.1, -0.05) is 23.4 Å². The number of rotatable bonds is 6. The van der Waals surface area contributed by atoms with Crippen molar-refractivity contribution >= 4 is 17.7 Å². The molecule has 0 saturated heterocycles. The first kappa shape index (κ1) is 16.1. The van der Waals surface area contributed by atoms with Crippen LogP contribution in [-0.2, 0) is 5.75 Å². The molecule has 0 aliphatic rings. The molecule has 0 spiro atoms. The highest BCUT2D eigenvalue weighted by atomic mass is 32.2. The van der Waals surface area contributed by atoms with Crippen molar-refractivity contribution in [1.82, 2.24) is 15.0 Å². The van der Waals surface area contributed by atoms with Crippen LogP contribution in [0.2, 0.25) is 0 Å². The van der Waals surface area contributed by atoms with Gasteiger partial charge in [-0.2, -0.15) is 0 Å². The Balaban J connectivity index is 1.92. The summed E-state index contributed by atoms with van der Waals surface area (Å²) in [7, 11) is 1.59. The number of nitrogens with zero attached hydrogens (tertiary/aromatic N) is 3. The quantitative estimate of drug-likeness (QED) is 0.694. The van der Waals surface area contributed by atoms with Crippen LogP contribution in [0.1, 0.15) is 16.2 Å². The lowest BCUT2D eigenvalue weighted by Gasteiger charge is -2.08. The standard InChI is InChI=1S/C17H15N3O3S/c1-23-13-9-7-12(8-10-13)20-15(16(17(21)22)18-19-20)11-24-14-5-3-2-4-6-14/h2-10H,11H2,1H3,(H,21,22). The third-order valence-electron chi connectivity index (χ3n) is 3.40. The maximum absolute atomic E-state index is 11.4. The molecule has 0 radical (unpaired) electrons. The van der Waals surface area contributed by atoms with E-state index in [9.17, 15) is 9.90 Å². The number of benzene rings is 2. The molecule has 6 nitrogen and oxygen atoms in total. The Morgan fingerprint density at radius 2 is 1.88 bits per heavy atom. The second kappa shape index (κ2) is 7.18. The van der Waals surface area contributed by atoms with Crippen LogP contribution in [0, 0.1) is 0 Å². The molecule has 7 heteroatoms. The fourth-order valence-electron chi connectivity index (χ4n) is 2.20. The maximum atomic E-state index is 11.4. The first-order valence-corrected chi connectivity index (χ1v) is 8.17. The van der Waals surface area contributed by atoms with E-state index in [-0.39, 0.29) is 5.69 Å². The third-order valence-corrected chi connectivity index (χ3v) is 4.42. The van der Waals surface area contributed by atoms with E-state index >= 15 is 0 Å². The zero-order valence-electron chi connectivity index (χ0n) is 12.9. The summed E-state index contributed by atoms with van der Waals surface area (Å²) < 4.78 is 6.69. The summed E-state index contributed by atoms with van der Waals surface area (Å²) in [6.07, 6.45) is 0. The smallest absolute Gasteiger partial charge is 0.358 e. The third kappa shape index (κ3) is 3.41. The molecule has 0 aliphatic heterocycles. The number of hydrogen-bond donors (Lipinski definition) is 1. The lowest BCUT2D eigenvalue weighted by Crippen LogP contribution is -2.06. The molecule has 0 aliphatic carbocycles. The number of methoxy groups -OCH3 is 1. The maximum Gasteiger partial charge on any atom is 0.358 e. The fourth-order valence-corrected chi connectivity index (χ4v) is 3.11. The van der Waals surface area contributed by atoms with Crippen molar-refractivity contribution in [3.05, 3.63) is 66.0 Å². The van der Waals surface area contributed by atoms with Crippen molar-refractivity contribution in [3.63, 3.8) is 0 Å². The molecule has 0 unspecified atom stereocenters. The lowest BCUT2D eigenvalue weighted by molar-refractivity contribution is 0.0689. The summed E-state index contributed by atoms with van der Waals surface area (Å²) in [6, 6.07) is 17.0. The topological polar surface area (TPSA) is 77.2 Å². The summed E-state index contributed by atoms with van der Waals surface area (Å²) in [5, 5.41) is 17.2. The highest BCUT2D eigenvalue weighted by molar-refractivity contribution is 7.98. The second-order valence-corrected chi connectivity index (χ2v) is 5.95. The molecular weight excluding hydrogens is 326 g/mol. The van der Waals surface area contributed by atoms with Crippen LogP contribution in [0.5, 0.6) is 5.75 Å². The van der Waals surface area contributed by atoms with E-state index in [4.69, 9.17) is 4.74 Å². The van der Waals surface area contributed by atoms with Crippen molar-refractivity contribution < 1.29 is 14.6 Å². The SMILES string of the molecule is COc1ccc(-n2nnc(C(=O)O)c2CSc2ccccc2)cc1. The van der Waals surface area contributed by atoms with E-state index in [1.807, 2.05) is 42.5 Å². The van der Waals surface area contributed by atoms with Gasteiger partial charge in [-0.05, 0) is 36.4 Å². The summed E-state index contributed by atoms with van der Waals surface area (Å²) in [6.45, 7) is 0. The van der Waals surface area contributed by atoms with Gasteiger partial charge in [-0.25, -0.2) is 9.48 Å². The van der Waals surface area contributed by atoms with Gasteiger partial charge in [0.2, 0.25) is 0 Å². The van der Waals surface area contributed by atoms with Crippen molar-refractivity contribution in [2.75, 3.05) is 7.11 Å². The number of carboxylic acids is 1. The number of carbonyl (C=O) groups is 1. The Labute approximate surface area is 143 Å². The molecule has 1 heterocycles. The average Bonchev–Trinajstić information content (AvgIpc) is 3.05. The molecule has 0 saturated carbocycles. The first-order valence-electron chi connectivity index (χ1n) is 7.19. The molecule has 0 amide bonds. The Morgan fingerprint density at radius 1 is 1.17 bits per heavy atom. The van der Waals surface area contributed by atoms with Crippen LogP contribution in [0.25, 0.3) is 5.69 Å². The molecule has 3 rings (SSSR count). The van der Waals surface area contributed by atoms with E-state index in [0.29, 0.717) is 11.4 Å². The van der Waals surface area contributed by atoms with Crippen LogP contribution in [0.15, 0.2) is 59.5 Å². The van der Waals surface area contributed by atoms with Crippen LogP contribution in [-0.4, -0.2) is 33.2 Å². The second-order valence-electron chi connectivity index (χ2n) is 4.90. The van der Waals surface area contributed by atoms with E-state index in [0.717, 1.165) is 16.3 Å². The van der Waals surface area contributed by atoms with Gasteiger partial charge in [-0.15, -0.1) is 16.9 Å². The molecule has 3 aromatic rings. The van der Waals surface area contributed by atoms with Gasteiger partial charge in [0, 0.05) is 10.6 Å². The molecule has 1 N–H and O–H groups in total. The zero-order valence-corrected chi connectivity index (χ0v) is 13.7. The van der Waals surface area contributed by atoms with E-state index in [1.165, 1.54) is 11.8 Å². The summed E-state index contributed by atoms with van der Waals surface area (Å²) in [5.41, 5.74) is 1.25. The minimum atomic E-state index is -1.08. The van der Waals surface area contributed by atoms with Gasteiger partial charge in [0.05, 0.1) is 18.5 Å². The minimum Gasteiger partial charge on any atom is -0.497 e. The summed E-state index contributed by atoms with van der Waals surface area (Å²) in [4.78, 5) is 12.5. The predicted molar refractivity (Wildman–Crippen MR) is 90.9 cm³/mol. The molecule has 24 heavy (non-hydrogen) atoms. The van der Waals surface area contributed by atoms with Crippen molar-refractivity contribution in [3.8, 4) is 11.4 Å². The number of aromatic carboxylic acids is 1. The fraction of sp³-hybridized carbons (Fsp3) is 0.118. The van der Waals surface area contributed by atoms with E-state index in [2.05, 4.69) is 10.3 Å². The first-order chi connectivity index (χ1) is 11.7. The van der Waals surface area contributed by atoms with Crippen LogP contribution < -0.4 is 4.74 Å². The molecule has 122 valence electrons. The molecule has 0 fully saturated rings. The Morgan fingerprint density at radius 3 is 2.50 bits per heavy atom. The van der Waals surface area contributed by atoms with Crippen molar-refractivity contribution in [2.24, 2.45) is 0 Å². The number of ether oxygens (including phenoxy) is 1. The highest BCUT2D eigenvalue weighted by Crippen LogP contribution is 2.25. The lowest BCUT2D eigenvalue weighted by atomic mass is 10.3. The van der Waals surface area contributed by atoms with Gasteiger partial charge >= 0.3 is 5.97 Å². The van der Waals surface area contributed by atoms with Gasteiger partial charge in [0.1, 0.15) is 5.75 Å². The van der Waals surface area contributed by atoms with E-state index in [1.54, 1.807) is 23.9 Å². The van der Waals surface area contributed by atoms with Gasteiger partial charge in [0.15, 0.2) is 5.69 Å². The molecule has 1 aromatic heterocycles. The zero-order chi connectivity index (χ0) is 16.9. The number of carboxylic acid groups (broad SMARTS) is 1. The van der Waals surface area contributed by atoms with Crippen LogP contribution >= 0.6 is 11.8 Å². The predicted octanol–water partition coefficient (Wildman–Crippen LogP) is 3.27. The van der Waals surface area contributed by atoms with Crippen molar-refractivity contribution in [2.45, 2.75) is 10.6 Å². The van der Waals surface area contributed by atoms with Crippen LogP contribution in [0.3, 0.4) is 0 Å². The summed E-state index contributed by atoms with van der Waals surface area (Å²) >= 11 is 1.54. The van der Waals surface area contributed by atoms with Gasteiger partial charge in [-0.3, -0.25) is 0 Å². The van der Waals surface area contributed by atoms with Crippen LogP contribution in [0.4, 0.5) is 0 Å². The Hall–Kier alpha value is -2.80.